The van der Waals surface area contributed by atoms with E-state index in [4.69, 9.17) is 18.9 Å². The molecule has 0 radical (unpaired) electrons. The number of hydrogen-bond acceptors (Lipinski definition) is 15. The Kier molecular flexibility index (Phi) is 14.5. The van der Waals surface area contributed by atoms with Crippen molar-refractivity contribution in [3.05, 3.63) is 0 Å². The minimum atomic E-state index is -1.42. The van der Waals surface area contributed by atoms with Crippen molar-refractivity contribution in [1.82, 2.24) is 21.3 Å². The predicted molar refractivity (Wildman–Crippen MR) is 152 cm³/mol. The van der Waals surface area contributed by atoms with Crippen molar-refractivity contribution in [2.24, 2.45) is 0 Å². The molecule has 2 saturated heterocycles. The lowest BCUT2D eigenvalue weighted by atomic mass is 9.82. The number of hydrogen-bond donors (Lipinski definition) is 11. The number of quaternary nitrogens is 1. The van der Waals surface area contributed by atoms with E-state index in [1.165, 1.54) is 7.05 Å². The van der Waals surface area contributed by atoms with E-state index in [1.807, 2.05) is 0 Å². The fourth-order valence-corrected chi connectivity index (χ4v) is 6.31. The number of carbonyl (C=O) groups is 1. The highest BCUT2D eigenvalue weighted by Gasteiger charge is 2.55. The molecule has 1 aliphatic carbocycles. The van der Waals surface area contributed by atoms with Gasteiger partial charge in [-0.05, 0) is 54.0 Å². The Balaban J connectivity index is 1.91. The quantitative estimate of drug-likeness (QED) is 0.0864. The molecule has 3 rings (SSSR count). The van der Waals surface area contributed by atoms with E-state index in [1.54, 1.807) is 28.2 Å². The normalized spacial score (nSPS) is 42.0. The molecular formula is C27H54N5O11+. The van der Waals surface area contributed by atoms with E-state index in [2.05, 4.69) is 21.3 Å². The van der Waals surface area contributed by atoms with Gasteiger partial charge in [0.05, 0.1) is 25.8 Å². The Labute approximate surface area is 253 Å². The van der Waals surface area contributed by atoms with E-state index in [-0.39, 0.29) is 23.8 Å². The van der Waals surface area contributed by atoms with Crippen LogP contribution in [0.15, 0.2) is 0 Å². The second kappa shape index (κ2) is 17.1. The molecule has 43 heavy (non-hydrogen) atoms. The molecule has 1 saturated carbocycles. The van der Waals surface area contributed by atoms with Crippen LogP contribution in [0.3, 0.4) is 0 Å². The predicted octanol–water partition coefficient (Wildman–Crippen LogP) is -6.40. The third-order valence-electron chi connectivity index (χ3n) is 8.92. The summed E-state index contributed by atoms with van der Waals surface area (Å²) >= 11 is 0. The summed E-state index contributed by atoms with van der Waals surface area (Å²) in [6.07, 6.45) is -10.7. The molecule has 16 heteroatoms. The molecule has 3 fully saturated rings. The molecule has 14 unspecified atom stereocenters. The molecule has 0 spiro atoms. The topological polar surface area (TPSA) is 228 Å². The van der Waals surface area contributed by atoms with Gasteiger partial charge < -0.3 is 70.9 Å². The van der Waals surface area contributed by atoms with Gasteiger partial charge >= 0.3 is 5.91 Å². The first kappa shape index (κ1) is 36.5. The van der Waals surface area contributed by atoms with Crippen LogP contribution in [0.2, 0.25) is 0 Å². The van der Waals surface area contributed by atoms with E-state index < -0.39 is 92.1 Å². The lowest BCUT2D eigenvalue weighted by molar-refractivity contribution is -0.837. The highest BCUT2D eigenvalue weighted by molar-refractivity contribution is 5.71. The molecule has 11 N–H and O–H groups in total. The average Bonchev–Trinajstić information content (AvgIpc) is 3.00. The van der Waals surface area contributed by atoms with Gasteiger partial charge in [-0.2, -0.15) is 0 Å². The average molecular weight is 625 g/mol. The smallest absolute Gasteiger partial charge is 0.340 e. The summed E-state index contributed by atoms with van der Waals surface area (Å²) in [5, 5.41) is 76.4. The summed E-state index contributed by atoms with van der Waals surface area (Å²) < 4.78 is 24.2. The van der Waals surface area contributed by atoms with Gasteiger partial charge in [0, 0.05) is 19.0 Å². The number of rotatable bonds is 14. The first-order valence-electron chi connectivity index (χ1n) is 15.2. The molecule has 252 valence electrons. The Hall–Kier alpha value is -0.930. The van der Waals surface area contributed by atoms with Gasteiger partial charge in [0.25, 0.3) is 0 Å². The van der Waals surface area contributed by atoms with Crippen LogP contribution in [0.4, 0.5) is 0 Å². The zero-order valence-electron chi connectivity index (χ0n) is 25.8. The second-order valence-corrected chi connectivity index (χ2v) is 11.7. The summed E-state index contributed by atoms with van der Waals surface area (Å²) in [4.78, 5) is 13.6. The Bertz CT molecular complexity index is 849. The van der Waals surface area contributed by atoms with E-state index in [9.17, 15) is 35.4 Å². The largest absolute Gasteiger partial charge is 0.394 e. The molecule has 0 bridgehead atoms. The van der Waals surface area contributed by atoms with Gasteiger partial charge in [0.1, 0.15) is 48.8 Å². The highest BCUT2D eigenvalue weighted by Crippen LogP contribution is 2.32. The molecule has 0 aromatic heterocycles. The minimum Gasteiger partial charge on any atom is -0.394 e. The summed E-state index contributed by atoms with van der Waals surface area (Å²) in [6, 6.07) is -2.19. The Morgan fingerprint density at radius 2 is 1.63 bits per heavy atom. The van der Waals surface area contributed by atoms with Crippen molar-refractivity contribution in [1.29, 1.82) is 0 Å². The second-order valence-electron chi connectivity index (χ2n) is 11.7. The van der Waals surface area contributed by atoms with Crippen molar-refractivity contribution in [3.63, 3.8) is 0 Å². The van der Waals surface area contributed by atoms with Crippen LogP contribution in [0.5, 0.6) is 0 Å². The molecule has 2 heterocycles. The van der Waals surface area contributed by atoms with Gasteiger partial charge in [-0.3, -0.25) is 4.90 Å². The number of nitrogens with one attached hydrogen (secondary N) is 5. The van der Waals surface area contributed by atoms with Crippen molar-refractivity contribution in [2.45, 2.75) is 111 Å². The lowest BCUT2D eigenvalue weighted by Gasteiger charge is -2.49. The standard InChI is InChI=1S/C27H53N5O11/c1-28-9-8-16(34)25(39)32(5)15-10-14(30-3)23(42-26-17(35)7-6-13(40-26)11-29-2)22(38)24(15)43-27-21(37)19(31-4)20(36)18(12-33)41-27/h13-24,26-31,33-38H,6-12H2,1-5H3/p+1/t13?,14?,15?,16-,17?,18?,19?,20?,21?,22?,23?,24?,26?,27?/m1/s1. The summed E-state index contributed by atoms with van der Waals surface area (Å²) in [6.45, 7) is 0.415. The molecule has 15 atom stereocenters. The summed E-state index contributed by atoms with van der Waals surface area (Å²) in [5.74, 6) is -0.502. The number of aliphatic hydroxyl groups excluding tert-OH is 6. The van der Waals surface area contributed by atoms with Gasteiger partial charge in [-0.15, -0.1) is 0 Å². The van der Waals surface area contributed by atoms with Crippen molar-refractivity contribution in [2.75, 3.05) is 54.9 Å². The van der Waals surface area contributed by atoms with Crippen LogP contribution >= 0.6 is 0 Å². The maximum absolute atomic E-state index is 13.3. The minimum absolute atomic E-state index is 0.184. The van der Waals surface area contributed by atoms with Crippen molar-refractivity contribution >= 4 is 5.91 Å². The molecule has 3 aliphatic rings. The zero-order chi connectivity index (χ0) is 31.8. The van der Waals surface area contributed by atoms with Gasteiger partial charge in [0.2, 0.25) is 0 Å². The SMILES string of the molecule is CNCC[C@@H](O)C(=O)[NH+](C)C1CC(NC)C(OC2OC(CNC)CCC2O)C(O)C1OC1OC(CO)C(O)C(NC)C1O. The molecule has 1 amide bonds. The third kappa shape index (κ3) is 8.66. The number of carbonyl (C=O) groups excluding carboxylic acids is 1. The fraction of sp³-hybridized carbons (Fsp3) is 0.963. The number of amides is 1. The summed E-state index contributed by atoms with van der Waals surface area (Å²) in [7, 11) is 8.31. The van der Waals surface area contributed by atoms with E-state index in [0.29, 0.717) is 25.9 Å². The van der Waals surface area contributed by atoms with Crippen LogP contribution in [0, 0.1) is 0 Å². The molecule has 0 aromatic carbocycles. The Morgan fingerprint density at radius 3 is 2.23 bits per heavy atom. The number of aliphatic hydroxyl groups is 6. The van der Waals surface area contributed by atoms with Crippen LogP contribution < -0.4 is 26.2 Å². The first-order chi connectivity index (χ1) is 20.5. The lowest BCUT2D eigenvalue weighted by Crippen LogP contribution is -3.19. The third-order valence-corrected chi connectivity index (χ3v) is 8.92. The molecular weight excluding hydrogens is 570 g/mol. The maximum atomic E-state index is 13.3. The fourth-order valence-electron chi connectivity index (χ4n) is 6.31. The maximum Gasteiger partial charge on any atom is 0.340 e. The van der Waals surface area contributed by atoms with E-state index in [0.717, 1.165) is 0 Å². The Morgan fingerprint density at radius 1 is 0.930 bits per heavy atom. The monoisotopic (exact) mass is 624 g/mol. The van der Waals surface area contributed by atoms with Crippen LogP contribution in [-0.2, 0) is 23.7 Å². The van der Waals surface area contributed by atoms with Crippen molar-refractivity contribution in [3.8, 4) is 0 Å². The first-order valence-corrected chi connectivity index (χ1v) is 15.2. The molecule has 2 aliphatic heterocycles. The summed E-state index contributed by atoms with van der Waals surface area (Å²) in [5.41, 5.74) is 0. The van der Waals surface area contributed by atoms with E-state index >= 15 is 0 Å². The highest BCUT2D eigenvalue weighted by atomic mass is 16.7. The van der Waals surface area contributed by atoms with Crippen LogP contribution in [0.1, 0.15) is 25.7 Å². The number of ether oxygens (including phenoxy) is 4. The van der Waals surface area contributed by atoms with Crippen LogP contribution in [-0.4, -0.2) is 177 Å². The molecule has 0 aromatic rings. The molecule has 16 nitrogen and oxygen atoms in total. The zero-order valence-corrected chi connectivity index (χ0v) is 25.8. The van der Waals surface area contributed by atoms with Gasteiger partial charge in [0.15, 0.2) is 18.7 Å². The van der Waals surface area contributed by atoms with Gasteiger partial charge in [-0.25, -0.2) is 4.79 Å². The van der Waals surface area contributed by atoms with Gasteiger partial charge in [-0.1, -0.05) is 0 Å². The van der Waals surface area contributed by atoms with Crippen LogP contribution in [0.25, 0.3) is 0 Å². The van der Waals surface area contributed by atoms with Crippen molar-refractivity contribution < 1.29 is 59.3 Å². The number of likely N-dealkylation sites (N-methyl/N-ethyl adjacent to an activating group) is 4.